The van der Waals surface area contributed by atoms with Gasteiger partial charge in [-0.2, -0.15) is 8.42 Å². The molecule has 0 bridgehead atoms. The third-order valence-corrected chi connectivity index (χ3v) is 4.45. The standard InChI is InChI=1S/C14H19NO5S2.Na/c1-11(16)21-10-13(9-12-5-3-2-4-6-12)14(17)15-7-8-22(18,19)20;/h2-6,13H,7-10H2,1H3,(H,15,17)(H,18,19,20);/q;+1/p-1/t13-;/m0./s1. The Kier molecular flexibility index (Phi) is 11.0. The largest absolute Gasteiger partial charge is 1.00 e. The predicted octanol–water partition coefficient (Wildman–Crippen LogP) is -2.22. The second-order valence-electron chi connectivity index (χ2n) is 4.70. The quantitative estimate of drug-likeness (QED) is 0.241. The molecule has 0 amide bonds. The van der Waals surface area contributed by atoms with Crippen LogP contribution in [-0.2, 0) is 21.3 Å². The molecule has 0 aliphatic heterocycles. The van der Waals surface area contributed by atoms with Gasteiger partial charge in [-0.05, 0) is 17.9 Å². The average Bonchev–Trinajstić information content (AvgIpc) is 2.42. The Hall–Kier alpha value is -0.380. The third kappa shape index (κ3) is 10.9. The number of aliphatic imine (C=N–C) groups is 1. The summed E-state index contributed by atoms with van der Waals surface area (Å²) >= 11 is 1.04. The van der Waals surface area contributed by atoms with Crippen LogP contribution < -0.4 is 34.7 Å². The first kappa shape index (κ1) is 22.6. The molecule has 0 heterocycles. The van der Waals surface area contributed by atoms with Crippen molar-refractivity contribution in [2.24, 2.45) is 10.9 Å². The van der Waals surface area contributed by atoms with Crippen LogP contribution in [0.3, 0.4) is 0 Å². The molecule has 1 aromatic carbocycles. The molecule has 0 aromatic heterocycles. The van der Waals surface area contributed by atoms with Gasteiger partial charge >= 0.3 is 29.6 Å². The molecule has 1 N–H and O–H groups in total. The SMILES string of the molecule is CC(=O)SC[C@H](Cc1ccccc1)C([O-])=NCCS(=O)(=O)O.[Na+]. The minimum Gasteiger partial charge on any atom is -0.862 e. The van der Waals surface area contributed by atoms with Crippen LogP contribution >= 0.6 is 11.8 Å². The molecule has 0 unspecified atom stereocenters. The first-order valence-corrected chi connectivity index (χ1v) is 9.21. The van der Waals surface area contributed by atoms with Gasteiger partial charge in [-0.3, -0.25) is 9.35 Å². The van der Waals surface area contributed by atoms with E-state index >= 15 is 0 Å². The van der Waals surface area contributed by atoms with Gasteiger partial charge in [0.15, 0.2) is 5.12 Å². The van der Waals surface area contributed by atoms with Crippen molar-refractivity contribution in [2.75, 3.05) is 18.1 Å². The van der Waals surface area contributed by atoms with Gasteiger partial charge in [0.1, 0.15) is 0 Å². The van der Waals surface area contributed by atoms with Gasteiger partial charge in [0, 0.05) is 18.6 Å². The Balaban J connectivity index is 0.00000484. The van der Waals surface area contributed by atoms with Crippen molar-refractivity contribution in [3.05, 3.63) is 35.9 Å². The van der Waals surface area contributed by atoms with Crippen molar-refractivity contribution in [3.8, 4) is 0 Å². The minimum absolute atomic E-state index is 0. The molecule has 0 saturated carbocycles. The van der Waals surface area contributed by atoms with E-state index in [0.29, 0.717) is 12.2 Å². The van der Waals surface area contributed by atoms with E-state index in [1.54, 1.807) is 0 Å². The number of rotatable bonds is 8. The Morgan fingerprint density at radius 2 is 1.96 bits per heavy atom. The normalized spacial score (nSPS) is 13.2. The average molecular weight is 367 g/mol. The van der Waals surface area contributed by atoms with E-state index in [2.05, 4.69) is 4.99 Å². The Labute approximate surface area is 162 Å². The van der Waals surface area contributed by atoms with E-state index in [1.165, 1.54) is 6.92 Å². The van der Waals surface area contributed by atoms with E-state index in [0.717, 1.165) is 17.3 Å². The third-order valence-electron chi connectivity index (χ3n) is 2.78. The van der Waals surface area contributed by atoms with Crippen molar-refractivity contribution in [1.82, 2.24) is 0 Å². The Morgan fingerprint density at radius 3 is 2.48 bits per heavy atom. The molecule has 0 saturated heterocycles. The summed E-state index contributed by atoms with van der Waals surface area (Å²) in [4.78, 5) is 14.8. The van der Waals surface area contributed by atoms with Crippen LogP contribution in [0.25, 0.3) is 0 Å². The van der Waals surface area contributed by atoms with Crippen LogP contribution in [-0.4, -0.2) is 42.0 Å². The van der Waals surface area contributed by atoms with Crippen molar-refractivity contribution < 1.29 is 52.4 Å². The number of carbonyl (C=O) groups is 1. The summed E-state index contributed by atoms with van der Waals surface area (Å²) in [6.45, 7) is 1.14. The summed E-state index contributed by atoms with van der Waals surface area (Å²) in [6.07, 6.45) is 0.426. The zero-order valence-electron chi connectivity index (χ0n) is 13.1. The van der Waals surface area contributed by atoms with Crippen LogP contribution in [0.5, 0.6) is 0 Å². The number of nitrogens with zero attached hydrogens (tertiary/aromatic N) is 1. The summed E-state index contributed by atoms with van der Waals surface area (Å²) < 4.78 is 29.9. The molecule has 0 aliphatic carbocycles. The molecule has 0 aliphatic rings. The minimum atomic E-state index is -4.14. The summed E-state index contributed by atoms with van der Waals surface area (Å²) in [5.41, 5.74) is 0.940. The van der Waals surface area contributed by atoms with E-state index in [4.69, 9.17) is 4.55 Å². The molecule has 6 nitrogen and oxygen atoms in total. The number of hydrogen-bond acceptors (Lipinski definition) is 6. The second-order valence-corrected chi connectivity index (χ2v) is 7.46. The first-order chi connectivity index (χ1) is 10.3. The van der Waals surface area contributed by atoms with Crippen LogP contribution in [0.4, 0.5) is 0 Å². The van der Waals surface area contributed by atoms with Gasteiger partial charge in [-0.1, -0.05) is 42.1 Å². The summed E-state index contributed by atoms with van der Waals surface area (Å²) in [5, 5.41) is 12.0. The number of thioether (sulfide) groups is 1. The maximum atomic E-state index is 12.1. The van der Waals surface area contributed by atoms with E-state index in [1.807, 2.05) is 30.3 Å². The summed E-state index contributed by atoms with van der Waals surface area (Å²) in [6, 6.07) is 9.31. The van der Waals surface area contributed by atoms with Crippen molar-refractivity contribution >= 4 is 32.9 Å². The predicted molar refractivity (Wildman–Crippen MR) is 85.5 cm³/mol. The van der Waals surface area contributed by atoms with Gasteiger partial charge < -0.3 is 10.1 Å². The summed E-state index contributed by atoms with van der Waals surface area (Å²) in [5.74, 6) is -1.26. The molecule has 1 atom stereocenters. The van der Waals surface area contributed by atoms with Crippen LogP contribution in [0, 0.1) is 5.92 Å². The Morgan fingerprint density at radius 1 is 1.35 bits per heavy atom. The molecular formula is C14H18NNaO5S2. The molecule has 0 spiro atoms. The van der Waals surface area contributed by atoms with E-state index in [-0.39, 0.29) is 41.2 Å². The van der Waals surface area contributed by atoms with Crippen LogP contribution in [0.1, 0.15) is 12.5 Å². The topological polar surface area (TPSA) is 107 Å². The molecule has 23 heavy (non-hydrogen) atoms. The van der Waals surface area contributed by atoms with Gasteiger partial charge in [-0.15, -0.1) is 0 Å². The van der Waals surface area contributed by atoms with E-state index < -0.39 is 27.7 Å². The smallest absolute Gasteiger partial charge is 0.862 e. The fraction of sp³-hybridized carbons (Fsp3) is 0.429. The number of benzene rings is 1. The molecular weight excluding hydrogens is 349 g/mol. The van der Waals surface area contributed by atoms with Gasteiger partial charge in [-0.25, -0.2) is 0 Å². The zero-order chi connectivity index (χ0) is 16.6. The summed E-state index contributed by atoms with van der Waals surface area (Å²) in [7, 11) is -4.14. The van der Waals surface area contributed by atoms with Gasteiger partial charge in [0.2, 0.25) is 0 Å². The van der Waals surface area contributed by atoms with Crippen molar-refractivity contribution in [3.63, 3.8) is 0 Å². The van der Waals surface area contributed by atoms with Crippen molar-refractivity contribution in [1.29, 1.82) is 0 Å². The van der Waals surface area contributed by atoms with Crippen LogP contribution in [0.15, 0.2) is 35.3 Å². The van der Waals surface area contributed by atoms with Gasteiger partial charge in [0.05, 0.1) is 12.3 Å². The van der Waals surface area contributed by atoms with Crippen LogP contribution in [0.2, 0.25) is 0 Å². The molecule has 0 fully saturated rings. The molecule has 0 radical (unpaired) electrons. The zero-order valence-corrected chi connectivity index (χ0v) is 16.8. The maximum absolute atomic E-state index is 12.1. The molecule has 9 heteroatoms. The van der Waals surface area contributed by atoms with Crippen molar-refractivity contribution in [2.45, 2.75) is 13.3 Å². The Bertz CT molecular complexity index is 619. The maximum Gasteiger partial charge on any atom is 1.00 e. The second kappa shape index (κ2) is 11.2. The number of hydrogen-bond donors (Lipinski definition) is 1. The van der Waals surface area contributed by atoms with E-state index in [9.17, 15) is 18.3 Å². The molecule has 1 aromatic rings. The fourth-order valence-corrected chi connectivity index (χ4v) is 2.75. The molecule has 122 valence electrons. The number of carbonyl (C=O) groups excluding carboxylic acids is 1. The molecule has 1 rings (SSSR count). The monoisotopic (exact) mass is 367 g/mol. The fourth-order valence-electron chi connectivity index (χ4n) is 1.73. The van der Waals surface area contributed by atoms with Gasteiger partial charge in [0.25, 0.3) is 10.1 Å². The first-order valence-electron chi connectivity index (χ1n) is 6.61.